The average molecular weight is 375 g/mol. The lowest BCUT2D eigenvalue weighted by Gasteiger charge is -2.19. The molecular formula is C17H18ClF3N2O2. The van der Waals surface area contributed by atoms with E-state index in [-0.39, 0.29) is 17.6 Å². The number of halogens is 4. The van der Waals surface area contributed by atoms with Gasteiger partial charge < -0.3 is 10.6 Å². The zero-order chi connectivity index (χ0) is 18.2. The van der Waals surface area contributed by atoms with Gasteiger partial charge in [-0.25, -0.2) is 0 Å². The first-order valence-corrected chi connectivity index (χ1v) is 8.59. The lowest BCUT2D eigenvalue weighted by Crippen LogP contribution is -2.43. The van der Waals surface area contributed by atoms with Crippen molar-refractivity contribution in [2.24, 2.45) is 5.41 Å². The summed E-state index contributed by atoms with van der Waals surface area (Å²) in [7, 11) is 0. The highest BCUT2D eigenvalue weighted by molar-refractivity contribution is 6.31. The van der Waals surface area contributed by atoms with E-state index in [1.165, 1.54) is 6.07 Å². The van der Waals surface area contributed by atoms with Crippen LogP contribution in [0.4, 0.5) is 18.9 Å². The molecule has 0 heterocycles. The number of hydrogen-bond acceptors (Lipinski definition) is 2. The van der Waals surface area contributed by atoms with Crippen LogP contribution < -0.4 is 10.6 Å². The van der Waals surface area contributed by atoms with Gasteiger partial charge in [0.25, 0.3) is 0 Å². The van der Waals surface area contributed by atoms with Crippen LogP contribution in [0.3, 0.4) is 0 Å². The van der Waals surface area contributed by atoms with Gasteiger partial charge >= 0.3 is 6.18 Å². The first-order valence-electron chi connectivity index (χ1n) is 8.21. The van der Waals surface area contributed by atoms with Crippen LogP contribution in [0.1, 0.15) is 44.1 Å². The van der Waals surface area contributed by atoms with E-state index in [0.717, 1.165) is 37.8 Å². The summed E-state index contributed by atoms with van der Waals surface area (Å²) in [6.45, 7) is 0. The molecule has 0 spiro atoms. The van der Waals surface area contributed by atoms with Crippen LogP contribution in [-0.2, 0) is 15.8 Å². The predicted molar refractivity (Wildman–Crippen MR) is 87.1 cm³/mol. The van der Waals surface area contributed by atoms with E-state index in [4.69, 9.17) is 11.6 Å². The Morgan fingerprint density at radius 3 is 2.32 bits per heavy atom. The average Bonchev–Trinajstić information content (AvgIpc) is 3.20. The largest absolute Gasteiger partial charge is 0.417 e. The van der Waals surface area contributed by atoms with E-state index in [9.17, 15) is 22.8 Å². The molecule has 1 aromatic carbocycles. The van der Waals surface area contributed by atoms with Gasteiger partial charge in [-0.2, -0.15) is 13.2 Å². The van der Waals surface area contributed by atoms with Gasteiger partial charge in [0.2, 0.25) is 11.8 Å². The Kier molecular flexibility index (Phi) is 4.70. The summed E-state index contributed by atoms with van der Waals surface area (Å²) in [6.07, 6.45) is 0.0819. The summed E-state index contributed by atoms with van der Waals surface area (Å²) in [6, 6.07) is 3.24. The molecular weight excluding hydrogens is 357 g/mol. The van der Waals surface area contributed by atoms with Crippen molar-refractivity contribution in [2.45, 2.75) is 50.7 Å². The monoisotopic (exact) mass is 374 g/mol. The summed E-state index contributed by atoms with van der Waals surface area (Å²) in [5, 5.41) is 4.88. The van der Waals surface area contributed by atoms with Crippen LogP contribution in [0.15, 0.2) is 18.2 Å². The number of carbonyl (C=O) groups excluding carboxylic acids is 2. The standard InChI is InChI=1S/C17H18ClF3N2O2/c18-13-6-5-11(9-12(13)17(19,20)21)23-15(25)16(7-8-16)14(24)22-10-3-1-2-4-10/h5-6,9-10H,1-4,7-8H2,(H,22,24)(H,23,25). The molecule has 0 saturated heterocycles. The van der Waals surface area contributed by atoms with Gasteiger partial charge in [-0.05, 0) is 43.9 Å². The second kappa shape index (κ2) is 6.52. The van der Waals surface area contributed by atoms with E-state index < -0.39 is 28.1 Å². The number of alkyl halides is 3. The molecule has 2 aliphatic carbocycles. The zero-order valence-corrected chi connectivity index (χ0v) is 14.1. The Morgan fingerprint density at radius 1 is 1.12 bits per heavy atom. The molecule has 4 nitrogen and oxygen atoms in total. The van der Waals surface area contributed by atoms with Gasteiger partial charge in [-0.15, -0.1) is 0 Å². The summed E-state index contributed by atoms with van der Waals surface area (Å²) in [4.78, 5) is 24.9. The Hall–Kier alpha value is -1.76. The molecule has 2 fully saturated rings. The van der Waals surface area contributed by atoms with Crippen molar-refractivity contribution in [3.05, 3.63) is 28.8 Å². The Bertz CT molecular complexity index is 696. The van der Waals surface area contributed by atoms with Crippen molar-refractivity contribution >= 4 is 29.1 Å². The maximum Gasteiger partial charge on any atom is 0.417 e. The second-order valence-electron chi connectivity index (χ2n) is 6.68. The van der Waals surface area contributed by atoms with Crippen molar-refractivity contribution in [2.75, 3.05) is 5.32 Å². The first kappa shape index (κ1) is 18.0. The fraction of sp³-hybridized carbons (Fsp3) is 0.529. The number of amides is 2. The molecule has 2 aliphatic rings. The summed E-state index contributed by atoms with van der Waals surface area (Å²) in [5.74, 6) is -0.902. The molecule has 1 aromatic rings. The summed E-state index contributed by atoms with van der Waals surface area (Å²) >= 11 is 5.57. The van der Waals surface area contributed by atoms with E-state index >= 15 is 0 Å². The van der Waals surface area contributed by atoms with Crippen molar-refractivity contribution in [3.63, 3.8) is 0 Å². The van der Waals surface area contributed by atoms with Gasteiger partial charge in [-0.3, -0.25) is 9.59 Å². The molecule has 0 bridgehead atoms. The molecule has 2 amide bonds. The van der Waals surface area contributed by atoms with Gasteiger partial charge in [0.05, 0.1) is 10.6 Å². The maximum absolute atomic E-state index is 12.9. The SMILES string of the molecule is O=C(Nc1ccc(Cl)c(C(F)(F)F)c1)C1(C(=O)NC2CCCC2)CC1. The highest BCUT2D eigenvalue weighted by Gasteiger charge is 2.56. The third-order valence-electron chi connectivity index (χ3n) is 4.84. The van der Waals surface area contributed by atoms with Crippen LogP contribution in [0.25, 0.3) is 0 Å². The van der Waals surface area contributed by atoms with Crippen LogP contribution in [-0.4, -0.2) is 17.9 Å². The molecule has 2 N–H and O–H groups in total. The van der Waals surface area contributed by atoms with Gasteiger partial charge in [0, 0.05) is 11.7 Å². The van der Waals surface area contributed by atoms with Gasteiger partial charge in [-0.1, -0.05) is 24.4 Å². The summed E-state index contributed by atoms with van der Waals surface area (Å²) < 4.78 is 38.7. The fourth-order valence-corrected chi connectivity index (χ4v) is 3.37. The lowest BCUT2D eigenvalue weighted by atomic mass is 10.0. The topological polar surface area (TPSA) is 58.2 Å². The third-order valence-corrected chi connectivity index (χ3v) is 5.17. The number of carbonyl (C=O) groups is 2. The number of anilines is 1. The molecule has 2 saturated carbocycles. The van der Waals surface area contributed by atoms with Crippen LogP contribution in [0.5, 0.6) is 0 Å². The van der Waals surface area contributed by atoms with Crippen molar-refractivity contribution < 1.29 is 22.8 Å². The van der Waals surface area contributed by atoms with Crippen LogP contribution in [0, 0.1) is 5.41 Å². The van der Waals surface area contributed by atoms with Crippen LogP contribution >= 0.6 is 11.6 Å². The zero-order valence-electron chi connectivity index (χ0n) is 13.4. The number of nitrogens with one attached hydrogen (secondary N) is 2. The van der Waals surface area contributed by atoms with E-state index in [0.29, 0.717) is 12.8 Å². The molecule has 0 unspecified atom stereocenters. The van der Waals surface area contributed by atoms with Crippen molar-refractivity contribution in [3.8, 4) is 0 Å². The Labute approximate surface area is 148 Å². The highest BCUT2D eigenvalue weighted by Crippen LogP contribution is 2.47. The fourth-order valence-electron chi connectivity index (χ4n) is 3.15. The van der Waals surface area contributed by atoms with Crippen molar-refractivity contribution in [1.82, 2.24) is 5.32 Å². The molecule has 0 radical (unpaired) electrons. The van der Waals surface area contributed by atoms with E-state index in [1.54, 1.807) is 0 Å². The molecule has 136 valence electrons. The predicted octanol–water partition coefficient (Wildman–Crippen LogP) is 4.14. The molecule has 0 atom stereocenters. The first-order chi connectivity index (χ1) is 11.7. The molecule has 8 heteroatoms. The minimum Gasteiger partial charge on any atom is -0.352 e. The summed E-state index contributed by atoms with van der Waals surface area (Å²) in [5.41, 5.74) is -2.21. The quantitative estimate of drug-likeness (QED) is 0.778. The second-order valence-corrected chi connectivity index (χ2v) is 7.09. The third kappa shape index (κ3) is 3.76. The van der Waals surface area contributed by atoms with Crippen LogP contribution in [0.2, 0.25) is 5.02 Å². The minimum absolute atomic E-state index is 0.0262. The molecule has 0 aliphatic heterocycles. The Balaban J connectivity index is 1.70. The van der Waals surface area contributed by atoms with E-state index in [1.807, 2.05) is 0 Å². The van der Waals surface area contributed by atoms with E-state index in [2.05, 4.69) is 10.6 Å². The number of rotatable bonds is 4. The maximum atomic E-state index is 12.9. The molecule has 0 aromatic heterocycles. The number of hydrogen-bond donors (Lipinski definition) is 2. The van der Waals surface area contributed by atoms with Gasteiger partial charge in [0.1, 0.15) is 5.41 Å². The van der Waals surface area contributed by atoms with Gasteiger partial charge in [0.15, 0.2) is 0 Å². The highest BCUT2D eigenvalue weighted by atomic mass is 35.5. The molecule has 3 rings (SSSR count). The smallest absolute Gasteiger partial charge is 0.352 e. The molecule has 25 heavy (non-hydrogen) atoms. The Morgan fingerprint density at radius 2 is 1.76 bits per heavy atom. The lowest BCUT2D eigenvalue weighted by molar-refractivity contribution is -0.138. The normalized spacial score (nSPS) is 19.5. The van der Waals surface area contributed by atoms with Crippen molar-refractivity contribution in [1.29, 1.82) is 0 Å². The number of benzene rings is 1. The minimum atomic E-state index is -4.62.